The van der Waals surface area contributed by atoms with Gasteiger partial charge in [0.15, 0.2) is 0 Å². The van der Waals surface area contributed by atoms with Crippen molar-refractivity contribution in [1.82, 2.24) is 0 Å². The number of halogens is 2. The number of carboxylic acids is 1. The number of carboxylic acid groups (broad SMARTS) is 1. The first-order valence-electron chi connectivity index (χ1n) is 9.33. The standard InChI is InChI=1S/C13H18FNO2.C9H10FNO2/c1-13(2,3)17-12(16)8-11(15)9-5-4-6-10(14)7-9;10-7-3-1-2-6(4-7)8(11)5-9(12)13/h4-7,11H,8,15H2,1-3H3;1-4,8H,5,11H2,(H,12,13)/t11-;8-/m11/s1. The number of esters is 1. The Morgan fingerprint density at radius 2 is 1.37 bits per heavy atom. The molecule has 0 bridgehead atoms. The van der Waals surface area contributed by atoms with Gasteiger partial charge in [0.25, 0.3) is 0 Å². The van der Waals surface area contributed by atoms with E-state index in [1.54, 1.807) is 39.0 Å². The van der Waals surface area contributed by atoms with Crippen LogP contribution in [0, 0.1) is 11.6 Å². The van der Waals surface area contributed by atoms with Crippen LogP contribution in [0.3, 0.4) is 0 Å². The molecule has 30 heavy (non-hydrogen) atoms. The molecule has 6 nitrogen and oxygen atoms in total. The molecule has 0 radical (unpaired) electrons. The van der Waals surface area contributed by atoms with Crippen molar-refractivity contribution in [2.75, 3.05) is 0 Å². The minimum atomic E-state index is -0.989. The zero-order valence-electron chi connectivity index (χ0n) is 17.3. The Kier molecular flexibility index (Phi) is 9.55. The van der Waals surface area contributed by atoms with E-state index in [9.17, 15) is 18.4 Å². The average Bonchev–Trinajstić information content (AvgIpc) is 2.60. The molecular weight excluding hydrogens is 394 g/mol. The van der Waals surface area contributed by atoms with Gasteiger partial charge in [0.1, 0.15) is 17.2 Å². The van der Waals surface area contributed by atoms with Crippen LogP contribution in [0.25, 0.3) is 0 Å². The summed E-state index contributed by atoms with van der Waals surface area (Å²) in [6, 6.07) is 10.4. The Bertz CT molecular complexity index is 853. The van der Waals surface area contributed by atoms with Crippen LogP contribution >= 0.6 is 0 Å². The van der Waals surface area contributed by atoms with E-state index in [0.29, 0.717) is 11.1 Å². The lowest BCUT2D eigenvalue weighted by Crippen LogP contribution is -2.26. The molecule has 0 amide bonds. The van der Waals surface area contributed by atoms with Crippen molar-refractivity contribution in [2.24, 2.45) is 11.5 Å². The van der Waals surface area contributed by atoms with Crippen LogP contribution in [0.1, 0.15) is 56.8 Å². The molecule has 0 saturated heterocycles. The lowest BCUT2D eigenvalue weighted by molar-refractivity contribution is -0.155. The highest BCUT2D eigenvalue weighted by Gasteiger charge is 2.19. The number of ether oxygens (including phenoxy) is 1. The first kappa shape index (κ1) is 25.2. The minimum Gasteiger partial charge on any atom is -0.481 e. The smallest absolute Gasteiger partial charge is 0.308 e. The number of benzene rings is 2. The Balaban J connectivity index is 0.000000311. The molecular formula is C22H28F2N2O4. The molecule has 0 aliphatic carbocycles. The highest BCUT2D eigenvalue weighted by atomic mass is 19.1. The summed E-state index contributed by atoms with van der Waals surface area (Å²) in [7, 11) is 0. The molecule has 8 heteroatoms. The average molecular weight is 422 g/mol. The molecule has 0 heterocycles. The van der Waals surface area contributed by atoms with E-state index >= 15 is 0 Å². The van der Waals surface area contributed by atoms with Crippen molar-refractivity contribution >= 4 is 11.9 Å². The van der Waals surface area contributed by atoms with Gasteiger partial charge in [-0.15, -0.1) is 0 Å². The Morgan fingerprint density at radius 3 is 1.73 bits per heavy atom. The summed E-state index contributed by atoms with van der Waals surface area (Å²) >= 11 is 0. The summed E-state index contributed by atoms with van der Waals surface area (Å²) in [5.74, 6) is -2.13. The molecule has 0 aliphatic rings. The van der Waals surface area contributed by atoms with Gasteiger partial charge in [-0.25, -0.2) is 8.78 Å². The maximum atomic E-state index is 13.0. The fraction of sp³-hybridized carbons (Fsp3) is 0.364. The first-order valence-corrected chi connectivity index (χ1v) is 9.33. The van der Waals surface area contributed by atoms with Gasteiger partial charge in [-0.3, -0.25) is 9.59 Å². The molecule has 0 saturated carbocycles. The summed E-state index contributed by atoms with van der Waals surface area (Å²) in [5.41, 5.74) is 11.9. The van der Waals surface area contributed by atoms with Crippen molar-refractivity contribution in [3.05, 3.63) is 71.3 Å². The fourth-order valence-corrected chi connectivity index (χ4v) is 2.46. The predicted molar refractivity (Wildman–Crippen MR) is 109 cm³/mol. The Labute approximate surface area is 174 Å². The van der Waals surface area contributed by atoms with Crippen LogP contribution in [0.4, 0.5) is 8.78 Å². The van der Waals surface area contributed by atoms with E-state index in [1.165, 1.54) is 30.3 Å². The summed E-state index contributed by atoms with van der Waals surface area (Å²) in [5, 5.41) is 8.44. The zero-order chi connectivity index (χ0) is 22.9. The van der Waals surface area contributed by atoms with Crippen LogP contribution in [-0.4, -0.2) is 22.6 Å². The Morgan fingerprint density at radius 1 is 0.933 bits per heavy atom. The lowest BCUT2D eigenvalue weighted by Gasteiger charge is -2.21. The normalized spacial score (nSPS) is 12.9. The van der Waals surface area contributed by atoms with Crippen LogP contribution in [0.5, 0.6) is 0 Å². The van der Waals surface area contributed by atoms with E-state index in [1.807, 2.05) is 0 Å². The van der Waals surface area contributed by atoms with Gasteiger partial charge in [0.05, 0.1) is 12.8 Å². The highest BCUT2D eigenvalue weighted by molar-refractivity contribution is 5.71. The number of rotatable bonds is 6. The SMILES string of the molecule is CC(C)(C)OC(=O)C[C@@H](N)c1cccc(F)c1.N[C@H](CC(=O)O)c1cccc(F)c1. The number of hydrogen-bond acceptors (Lipinski definition) is 5. The van der Waals surface area contributed by atoms with Crippen molar-refractivity contribution in [3.8, 4) is 0 Å². The van der Waals surface area contributed by atoms with E-state index in [2.05, 4.69) is 0 Å². The topological polar surface area (TPSA) is 116 Å². The largest absolute Gasteiger partial charge is 0.481 e. The van der Waals surface area contributed by atoms with Gasteiger partial charge in [0.2, 0.25) is 0 Å². The van der Waals surface area contributed by atoms with Gasteiger partial charge in [0, 0.05) is 12.1 Å². The second-order valence-electron chi connectivity index (χ2n) is 7.71. The molecule has 2 atom stereocenters. The minimum absolute atomic E-state index is 0.0424. The predicted octanol–water partition coefficient (Wildman–Crippen LogP) is 3.86. The molecule has 2 rings (SSSR count). The number of carbonyl (C=O) groups excluding carboxylic acids is 1. The maximum Gasteiger partial charge on any atom is 0.308 e. The zero-order valence-corrected chi connectivity index (χ0v) is 17.3. The molecule has 0 unspecified atom stereocenters. The molecule has 2 aromatic rings. The van der Waals surface area contributed by atoms with Crippen molar-refractivity contribution in [3.63, 3.8) is 0 Å². The lowest BCUT2D eigenvalue weighted by atomic mass is 10.0. The molecule has 0 spiro atoms. The molecule has 5 N–H and O–H groups in total. The summed E-state index contributed by atoms with van der Waals surface area (Å²) < 4.78 is 30.8. The fourth-order valence-electron chi connectivity index (χ4n) is 2.46. The molecule has 0 fully saturated rings. The van der Waals surface area contributed by atoms with Gasteiger partial charge in [-0.05, 0) is 56.2 Å². The first-order chi connectivity index (χ1) is 13.9. The number of aliphatic carboxylic acids is 1. The molecule has 0 aliphatic heterocycles. The third-order valence-electron chi connectivity index (χ3n) is 3.75. The van der Waals surface area contributed by atoms with Gasteiger partial charge in [-0.1, -0.05) is 24.3 Å². The molecule has 0 aromatic heterocycles. The van der Waals surface area contributed by atoms with Crippen molar-refractivity contribution < 1.29 is 28.2 Å². The number of hydrogen-bond donors (Lipinski definition) is 3. The second-order valence-corrected chi connectivity index (χ2v) is 7.71. The third kappa shape index (κ3) is 10.1. The van der Waals surface area contributed by atoms with Gasteiger partial charge < -0.3 is 21.3 Å². The van der Waals surface area contributed by atoms with Crippen molar-refractivity contribution in [1.29, 1.82) is 0 Å². The Hall–Kier alpha value is -2.84. The van der Waals surface area contributed by atoms with E-state index < -0.39 is 29.5 Å². The molecule has 2 aromatic carbocycles. The van der Waals surface area contributed by atoms with E-state index in [0.717, 1.165) is 0 Å². The van der Waals surface area contributed by atoms with Crippen molar-refractivity contribution in [2.45, 2.75) is 51.3 Å². The quantitative estimate of drug-likeness (QED) is 0.609. The van der Waals surface area contributed by atoms with Crippen LogP contribution in [-0.2, 0) is 14.3 Å². The summed E-state index contributed by atoms with van der Waals surface area (Å²) in [6.45, 7) is 5.37. The third-order valence-corrected chi connectivity index (χ3v) is 3.75. The van der Waals surface area contributed by atoms with Gasteiger partial charge >= 0.3 is 11.9 Å². The van der Waals surface area contributed by atoms with Crippen LogP contribution in [0.2, 0.25) is 0 Å². The highest BCUT2D eigenvalue weighted by Crippen LogP contribution is 2.18. The maximum absolute atomic E-state index is 13.0. The van der Waals surface area contributed by atoms with Crippen LogP contribution in [0.15, 0.2) is 48.5 Å². The number of nitrogens with two attached hydrogens (primary N) is 2. The number of carbonyl (C=O) groups is 2. The second kappa shape index (κ2) is 11.4. The van der Waals surface area contributed by atoms with E-state index in [4.69, 9.17) is 21.3 Å². The van der Waals surface area contributed by atoms with Gasteiger partial charge in [-0.2, -0.15) is 0 Å². The summed E-state index contributed by atoms with van der Waals surface area (Å²) in [4.78, 5) is 21.8. The monoisotopic (exact) mass is 422 g/mol. The van der Waals surface area contributed by atoms with Crippen LogP contribution < -0.4 is 11.5 Å². The molecule has 164 valence electrons. The summed E-state index contributed by atoms with van der Waals surface area (Å²) in [6.07, 6.45) is -0.149. The van der Waals surface area contributed by atoms with E-state index in [-0.39, 0.29) is 24.6 Å².